The van der Waals surface area contributed by atoms with Gasteiger partial charge in [0.2, 0.25) is 0 Å². The van der Waals surface area contributed by atoms with Crippen LogP contribution in [0.2, 0.25) is 0 Å². The molecule has 1 aromatic rings. The normalized spacial score (nSPS) is 17.4. The lowest BCUT2D eigenvalue weighted by Gasteiger charge is -2.26. The number of anilines is 1. The number of carbonyl (C=O) groups is 1. The third-order valence-electron chi connectivity index (χ3n) is 3.91. The molecule has 0 aliphatic carbocycles. The minimum Gasteiger partial charge on any atom is -0.378 e. The SMILES string of the molecule is O=C(NCCNc1ccccc1[N+](=O)[O-])C1=CN2CCS(=O)(=O)N=C2C=C1. The minimum atomic E-state index is -3.44. The number of rotatable bonds is 6. The van der Waals surface area contributed by atoms with Crippen LogP contribution in [0.3, 0.4) is 0 Å². The first kappa shape index (κ1) is 18.6. The number of amides is 1. The average Bonchev–Trinajstić information content (AvgIpc) is 2.64. The van der Waals surface area contributed by atoms with Gasteiger partial charge >= 0.3 is 0 Å². The van der Waals surface area contributed by atoms with Crippen molar-refractivity contribution in [1.29, 1.82) is 0 Å². The molecule has 27 heavy (non-hydrogen) atoms. The van der Waals surface area contributed by atoms with Gasteiger partial charge in [0.25, 0.3) is 21.6 Å². The summed E-state index contributed by atoms with van der Waals surface area (Å²) in [5, 5.41) is 16.6. The van der Waals surface area contributed by atoms with Crippen molar-refractivity contribution in [2.45, 2.75) is 0 Å². The summed E-state index contributed by atoms with van der Waals surface area (Å²) >= 11 is 0. The molecule has 0 fully saturated rings. The third-order valence-corrected chi connectivity index (χ3v) is 5.08. The van der Waals surface area contributed by atoms with E-state index >= 15 is 0 Å². The lowest BCUT2D eigenvalue weighted by Crippen LogP contribution is -2.38. The number of carbonyl (C=O) groups excluding carboxylic acids is 1. The molecule has 0 aromatic heterocycles. The standard InChI is InChI=1S/C16H17N5O5S/c22-16(12-5-6-15-19-27(25,26)10-9-20(15)11-12)18-8-7-17-13-3-1-2-4-14(13)21(23)24/h1-6,11,17H,7-10H2,(H,18,22). The number of nitro groups is 1. The van der Waals surface area contributed by atoms with Crippen LogP contribution in [-0.4, -0.2) is 55.4 Å². The van der Waals surface area contributed by atoms with E-state index in [1.807, 2.05) is 0 Å². The van der Waals surface area contributed by atoms with Crippen molar-refractivity contribution in [3.63, 3.8) is 0 Å². The van der Waals surface area contributed by atoms with E-state index in [9.17, 15) is 23.3 Å². The van der Waals surface area contributed by atoms with E-state index in [1.54, 1.807) is 29.3 Å². The van der Waals surface area contributed by atoms with E-state index < -0.39 is 14.9 Å². The maximum absolute atomic E-state index is 12.2. The summed E-state index contributed by atoms with van der Waals surface area (Å²) in [6.45, 7) is 0.801. The molecule has 0 spiro atoms. The predicted octanol–water partition coefficient (Wildman–Crippen LogP) is 0.620. The van der Waals surface area contributed by atoms with Crippen molar-refractivity contribution in [3.8, 4) is 0 Å². The molecule has 142 valence electrons. The zero-order valence-electron chi connectivity index (χ0n) is 14.2. The Labute approximate surface area is 155 Å². The Hall–Kier alpha value is -3.21. The average molecular weight is 391 g/mol. The smallest absolute Gasteiger partial charge is 0.292 e. The van der Waals surface area contributed by atoms with Gasteiger partial charge in [0, 0.05) is 31.9 Å². The second kappa shape index (κ2) is 7.58. The van der Waals surface area contributed by atoms with Crippen molar-refractivity contribution in [2.75, 3.05) is 30.7 Å². The van der Waals surface area contributed by atoms with Gasteiger partial charge in [-0.05, 0) is 18.2 Å². The number of amidine groups is 1. The van der Waals surface area contributed by atoms with Gasteiger partial charge in [0.05, 0.1) is 16.2 Å². The van der Waals surface area contributed by atoms with Crippen LogP contribution in [-0.2, 0) is 14.8 Å². The fourth-order valence-corrected chi connectivity index (χ4v) is 3.56. The van der Waals surface area contributed by atoms with Crippen molar-refractivity contribution < 1.29 is 18.1 Å². The molecule has 0 radical (unpaired) electrons. The zero-order valence-corrected chi connectivity index (χ0v) is 15.0. The maximum atomic E-state index is 12.2. The van der Waals surface area contributed by atoms with E-state index in [0.717, 1.165) is 0 Å². The molecule has 0 saturated carbocycles. The summed E-state index contributed by atoms with van der Waals surface area (Å²) in [6, 6.07) is 6.26. The molecule has 1 amide bonds. The van der Waals surface area contributed by atoms with Gasteiger partial charge in [-0.15, -0.1) is 4.40 Å². The van der Waals surface area contributed by atoms with Gasteiger partial charge in [-0.25, -0.2) is 8.42 Å². The highest BCUT2D eigenvalue weighted by Gasteiger charge is 2.24. The number of fused-ring (bicyclic) bond motifs is 1. The number of hydrogen-bond acceptors (Lipinski definition) is 7. The molecule has 0 unspecified atom stereocenters. The first-order chi connectivity index (χ1) is 12.9. The van der Waals surface area contributed by atoms with Gasteiger partial charge in [0.1, 0.15) is 11.5 Å². The molecule has 0 bridgehead atoms. The fraction of sp³-hybridized carbons (Fsp3) is 0.250. The van der Waals surface area contributed by atoms with Gasteiger partial charge in [0.15, 0.2) is 0 Å². The summed E-state index contributed by atoms with van der Waals surface area (Å²) in [5.74, 6) is -0.144. The number of hydrogen-bond donors (Lipinski definition) is 2. The second-order valence-corrected chi connectivity index (χ2v) is 7.56. The lowest BCUT2D eigenvalue weighted by atomic mass is 10.2. The van der Waals surface area contributed by atoms with Crippen LogP contribution in [0.5, 0.6) is 0 Å². The number of nitrogens with zero attached hydrogens (tertiary/aromatic N) is 3. The topological polar surface area (TPSA) is 134 Å². The van der Waals surface area contributed by atoms with Crippen LogP contribution in [0, 0.1) is 10.1 Å². The van der Waals surface area contributed by atoms with Gasteiger partial charge in [-0.2, -0.15) is 0 Å². The number of nitro benzene ring substituents is 1. The molecule has 10 nitrogen and oxygen atoms in total. The molecule has 3 rings (SSSR count). The highest BCUT2D eigenvalue weighted by Crippen LogP contribution is 2.22. The zero-order chi connectivity index (χ0) is 19.4. The highest BCUT2D eigenvalue weighted by molar-refractivity contribution is 7.90. The Bertz CT molecular complexity index is 967. The summed E-state index contributed by atoms with van der Waals surface area (Å²) in [5.41, 5.74) is 0.719. The van der Waals surface area contributed by atoms with E-state index in [1.165, 1.54) is 18.2 Å². The summed E-state index contributed by atoms with van der Waals surface area (Å²) < 4.78 is 26.6. The number of sulfonamides is 1. The number of nitrogens with one attached hydrogen (secondary N) is 2. The van der Waals surface area contributed by atoms with E-state index in [2.05, 4.69) is 15.0 Å². The first-order valence-electron chi connectivity index (χ1n) is 8.10. The Morgan fingerprint density at radius 1 is 1.26 bits per heavy atom. The van der Waals surface area contributed by atoms with Crippen LogP contribution in [0.25, 0.3) is 0 Å². The van der Waals surface area contributed by atoms with Gasteiger partial charge in [-0.1, -0.05) is 12.1 Å². The molecule has 2 N–H and O–H groups in total. The molecule has 1 aromatic carbocycles. The molecular weight excluding hydrogens is 374 g/mol. The molecule has 2 aliphatic rings. The predicted molar refractivity (Wildman–Crippen MR) is 99.7 cm³/mol. The Kier molecular flexibility index (Phi) is 5.21. The van der Waals surface area contributed by atoms with Crippen molar-refractivity contribution in [2.24, 2.45) is 4.40 Å². The number of benzene rings is 1. The summed E-state index contributed by atoms with van der Waals surface area (Å²) in [7, 11) is -3.44. The molecule has 11 heteroatoms. The van der Waals surface area contributed by atoms with E-state index in [-0.39, 0.29) is 36.3 Å². The van der Waals surface area contributed by atoms with E-state index in [0.29, 0.717) is 17.8 Å². The Morgan fingerprint density at radius 2 is 2.04 bits per heavy atom. The van der Waals surface area contributed by atoms with Gasteiger partial charge in [-0.3, -0.25) is 14.9 Å². The third kappa shape index (κ3) is 4.50. The molecule has 2 heterocycles. The van der Waals surface area contributed by atoms with Gasteiger partial charge < -0.3 is 15.5 Å². The van der Waals surface area contributed by atoms with E-state index in [4.69, 9.17) is 0 Å². The van der Waals surface area contributed by atoms with Crippen LogP contribution >= 0.6 is 0 Å². The number of para-hydroxylation sites is 2. The molecule has 0 saturated heterocycles. The second-order valence-electron chi connectivity index (χ2n) is 5.80. The quantitative estimate of drug-likeness (QED) is 0.412. The first-order valence-corrected chi connectivity index (χ1v) is 9.71. The highest BCUT2D eigenvalue weighted by atomic mass is 32.2. The maximum Gasteiger partial charge on any atom is 0.292 e. The van der Waals surface area contributed by atoms with Crippen LogP contribution in [0.4, 0.5) is 11.4 Å². The van der Waals surface area contributed by atoms with Crippen molar-refractivity contribution in [3.05, 3.63) is 58.3 Å². The fourth-order valence-electron chi connectivity index (χ4n) is 2.59. The molecular formula is C16H17N5O5S. The molecule has 2 aliphatic heterocycles. The van der Waals surface area contributed by atoms with Crippen LogP contribution in [0.1, 0.15) is 0 Å². The molecule has 0 atom stereocenters. The Balaban J connectivity index is 1.53. The Morgan fingerprint density at radius 3 is 2.81 bits per heavy atom. The largest absolute Gasteiger partial charge is 0.378 e. The van der Waals surface area contributed by atoms with Crippen molar-refractivity contribution in [1.82, 2.24) is 10.2 Å². The van der Waals surface area contributed by atoms with Crippen LogP contribution < -0.4 is 10.6 Å². The van der Waals surface area contributed by atoms with Crippen LogP contribution in [0.15, 0.2) is 52.6 Å². The summed E-state index contributed by atoms with van der Waals surface area (Å²) in [6.07, 6.45) is 4.54. The van der Waals surface area contributed by atoms with Crippen molar-refractivity contribution >= 4 is 33.1 Å². The summed E-state index contributed by atoms with van der Waals surface area (Å²) in [4.78, 5) is 24.3. The monoisotopic (exact) mass is 391 g/mol. The lowest BCUT2D eigenvalue weighted by molar-refractivity contribution is -0.384. The minimum absolute atomic E-state index is 0.0337.